The third kappa shape index (κ3) is 3.60. The lowest BCUT2D eigenvalue weighted by Crippen LogP contribution is -2.45. The fraction of sp³-hybridized carbons (Fsp3) is 0.429. The fourth-order valence-electron chi connectivity index (χ4n) is 2.57. The van der Waals surface area contributed by atoms with E-state index in [1.807, 2.05) is 6.07 Å². The van der Waals surface area contributed by atoms with Crippen molar-refractivity contribution < 1.29 is 18.3 Å². The minimum absolute atomic E-state index is 0.0173. The van der Waals surface area contributed by atoms with Crippen molar-refractivity contribution in [3.05, 3.63) is 29.8 Å². The predicted molar refractivity (Wildman–Crippen MR) is 74.9 cm³/mol. The van der Waals surface area contributed by atoms with Gasteiger partial charge >= 0.3 is 5.97 Å². The molecular formula is C14H16N2O4S. The van der Waals surface area contributed by atoms with Crippen LogP contribution < -0.4 is 4.72 Å². The van der Waals surface area contributed by atoms with E-state index in [1.165, 1.54) is 24.3 Å². The number of carbonyl (C=O) groups is 1. The van der Waals surface area contributed by atoms with Gasteiger partial charge in [0.05, 0.1) is 22.4 Å². The first-order valence-electron chi connectivity index (χ1n) is 6.69. The van der Waals surface area contributed by atoms with Gasteiger partial charge in [-0.15, -0.1) is 0 Å². The van der Waals surface area contributed by atoms with Gasteiger partial charge in [-0.2, -0.15) is 5.26 Å². The summed E-state index contributed by atoms with van der Waals surface area (Å²) in [5.74, 6) is -1.68. The van der Waals surface area contributed by atoms with Gasteiger partial charge in [0.15, 0.2) is 0 Å². The van der Waals surface area contributed by atoms with Crippen LogP contribution in [0.5, 0.6) is 0 Å². The molecule has 1 aromatic carbocycles. The Kier molecular flexibility index (Phi) is 4.60. The van der Waals surface area contributed by atoms with E-state index in [0.29, 0.717) is 12.8 Å². The SMILES string of the molecule is N#Cc1cccc(S(=O)(=O)NC2CCCCC2C(=O)O)c1. The smallest absolute Gasteiger partial charge is 0.308 e. The molecule has 2 rings (SSSR count). The zero-order valence-electron chi connectivity index (χ0n) is 11.3. The third-order valence-corrected chi connectivity index (χ3v) is 5.15. The van der Waals surface area contributed by atoms with Gasteiger partial charge in [0.1, 0.15) is 0 Å². The second-order valence-electron chi connectivity index (χ2n) is 5.10. The molecule has 6 nitrogen and oxygen atoms in total. The summed E-state index contributed by atoms with van der Waals surface area (Å²) < 4.78 is 27.1. The first-order valence-corrected chi connectivity index (χ1v) is 8.17. The topological polar surface area (TPSA) is 107 Å². The summed E-state index contributed by atoms with van der Waals surface area (Å²) in [6, 6.07) is 6.95. The molecule has 0 heterocycles. The fourth-order valence-corrected chi connectivity index (χ4v) is 3.92. The van der Waals surface area contributed by atoms with E-state index in [-0.39, 0.29) is 10.5 Å². The molecule has 0 bridgehead atoms. The van der Waals surface area contributed by atoms with Gasteiger partial charge in [0.2, 0.25) is 10.0 Å². The van der Waals surface area contributed by atoms with Gasteiger partial charge in [0, 0.05) is 6.04 Å². The molecule has 0 amide bonds. The number of sulfonamides is 1. The van der Waals surface area contributed by atoms with E-state index in [1.54, 1.807) is 0 Å². The Morgan fingerprint density at radius 2 is 2.05 bits per heavy atom. The maximum atomic E-state index is 12.3. The largest absolute Gasteiger partial charge is 0.481 e. The summed E-state index contributed by atoms with van der Waals surface area (Å²) in [7, 11) is -3.82. The second kappa shape index (κ2) is 6.24. The van der Waals surface area contributed by atoms with Crippen molar-refractivity contribution in [1.82, 2.24) is 4.72 Å². The van der Waals surface area contributed by atoms with Crippen LogP contribution in [0.1, 0.15) is 31.2 Å². The number of benzene rings is 1. The van der Waals surface area contributed by atoms with Crippen LogP contribution in [0.4, 0.5) is 0 Å². The highest BCUT2D eigenvalue weighted by Gasteiger charge is 2.33. The van der Waals surface area contributed by atoms with E-state index in [2.05, 4.69) is 4.72 Å². The molecule has 2 unspecified atom stereocenters. The zero-order valence-corrected chi connectivity index (χ0v) is 12.1. The first kappa shape index (κ1) is 15.5. The van der Waals surface area contributed by atoms with Gasteiger partial charge in [-0.1, -0.05) is 18.9 Å². The first-order chi connectivity index (χ1) is 9.94. The van der Waals surface area contributed by atoms with Crippen LogP contribution in [0.3, 0.4) is 0 Å². The lowest BCUT2D eigenvalue weighted by atomic mass is 9.85. The number of hydrogen-bond donors (Lipinski definition) is 2. The molecule has 0 spiro atoms. The van der Waals surface area contributed by atoms with Crippen molar-refractivity contribution >= 4 is 16.0 Å². The standard InChI is InChI=1S/C14H16N2O4S/c15-9-10-4-3-5-11(8-10)21(19,20)16-13-7-2-1-6-12(13)14(17)18/h3-5,8,12-13,16H,1-2,6-7H2,(H,17,18). The van der Waals surface area contributed by atoms with Crippen molar-refractivity contribution in [1.29, 1.82) is 5.26 Å². The average molecular weight is 308 g/mol. The number of nitrogens with one attached hydrogen (secondary N) is 1. The molecule has 0 aromatic heterocycles. The van der Waals surface area contributed by atoms with Crippen molar-refractivity contribution in [2.24, 2.45) is 5.92 Å². The van der Waals surface area contributed by atoms with Crippen LogP contribution in [0, 0.1) is 17.2 Å². The number of rotatable bonds is 4. The van der Waals surface area contributed by atoms with Crippen molar-refractivity contribution in [2.45, 2.75) is 36.6 Å². The lowest BCUT2D eigenvalue weighted by molar-refractivity contribution is -0.143. The highest BCUT2D eigenvalue weighted by Crippen LogP contribution is 2.26. The molecule has 1 aliphatic rings. The Labute approximate surface area is 123 Å². The molecule has 0 saturated heterocycles. The Hall–Kier alpha value is -1.91. The van der Waals surface area contributed by atoms with Gasteiger partial charge in [0.25, 0.3) is 0 Å². The number of carboxylic acids is 1. The van der Waals surface area contributed by atoms with E-state index in [4.69, 9.17) is 5.26 Å². The Morgan fingerprint density at radius 1 is 1.33 bits per heavy atom. The molecule has 1 aliphatic carbocycles. The number of carboxylic acid groups (broad SMARTS) is 1. The maximum Gasteiger partial charge on any atom is 0.308 e. The van der Waals surface area contributed by atoms with E-state index >= 15 is 0 Å². The Morgan fingerprint density at radius 3 is 2.71 bits per heavy atom. The molecule has 2 atom stereocenters. The minimum Gasteiger partial charge on any atom is -0.481 e. The van der Waals surface area contributed by atoms with E-state index in [9.17, 15) is 18.3 Å². The molecule has 2 N–H and O–H groups in total. The molecule has 0 radical (unpaired) electrons. The van der Waals surface area contributed by atoms with Crippen LogP contribution in [0.15, 0.2) is 29.2 Å². The highest BCUT2D eigenvalue weighted by atomic mass is 32.2. The summed E-state index contributed by atoms with van der Waals surface area (Å²) in [5.41, 5.74) is 0.247. The monoisotopic (exact) mass is 308 g/mol. The zero-order chi connectivity index (χ0) is 15.5. The van der Waals surface area contributed by atoms with Crippen LogP contribution in [0.2, 0.25) is 0 Å². The number of aliphatic carboxylic acids is 1. The van der Waals surface area contributed by atoms with Crippen molar-refractivity contribution in [2.75, 3.05) is 0 Å². The van der Waals surface area contributed by atoms with Crippen LogP contribution in [-0.4, -0.2) is 25.5 Å². The normalized spacial score (nSPS) is 22.4. The third-order valence-electron chi connectivity index (χ3n) is 3.66. The lowest BCUT2D eigenvalue weighted by Gasteiger charge is -2.28. The molecule has 21 heavy (non-hydrogen) atoms. The van der Waals surface area contributed by atoms with Crippen molar-refractivity contribution in [3.8, 4) is 6.07 Å². The van der Waals surface area contributed by atoms with Crippen LogP contribution in [0.25, 0.3) is 0 Å². The number of nitrogens with zero attached hydrogens (tertiary/aromatic N) is 1. The molecule has 1 fully saturated rings. The number of hydrogen-bond acceptors (Lipinski definition) is 4. The Bertz CT molecular complexity index is 678. The second-order valence-corrected chi connectivity index (χ2v) is 6.81. The molecular weight excluding hydrogens is 292 g/mol. The molecule has 7 heteroatoms. The van der Waals surface area contributed by atoms with Gasteiger partial charge < -0.3 is 5.11 Å². The molecule has 1 saturated carbocycles. The quantitative estimate of drug-likeness (QED) is 0.876. The van der Waals surface area contributed by atoms with Gasteiger partial charge in [-0.25, -0.2) is 13.1 Å². The Balaban J connectivity index is 2.23. The van der Waals surface area contributed by atoms with E-state index < -0.39 is 28.0 Å². The predicted octanol–water partition coefficient (Wildman–Crippen LogP) is 1.48. The summed E-state index contributed by atoms with van der Waals surface area (Å²) in [4.78, 5) is 11.2. The number of nitriles is 1. The molecule has 112 valence electrons. The van der Waals surface area contributed by atoms with Gasteiger partial charge in [-0.3, -0.25) is 4.79 Å². The summed E-state index contributed by atoms with van der Waals surface area (Å²) in [5, 5.41) is 18.0. The van der Waals surface area contributed by atoms with E-state index in [0.717, 1.165) is 12.8 Å². The summed E-state index contributed by atoms with van der Waals surface area (Å²) >= 11 is 0. The summed E-state index contributed by atoms with van der Waals surface area (Å²) in [6.45, 7) is 0. The van der Waals surface area contributed by atoms with Crippen LogP contribution >= 0.6 is 0 Å². The summed E-state index contributed by atoms with van der Waals surface area (Å²) in [6.07, 6.45) is 2.57. The molecule has 0 aliphatic heterocycles. The van der Waals surface area contributed by atoms with Crippen molar-refractivity contribution in [3.63, 3.8) is 0 Å². The minimum atomic E-state index is -3.82. The average Bonchev–Trinajstić information content (AvgIpc) is 2.47. The van der Waals surface area contributed by atoms with Crippen LogP contribution in [-0.2, 0) is 14.8 Å². The van der Waals surface area contributed by atoms with Gasteiger partial charge in [-0.05, 0) is 31.0 Å². The molecule has 1 aromatic rings. The maximum absolute atomic E-state index is 12.3. The highest BCUT2D eigenvalue weighted by molar-refractivity contribution is 7.89.